The zero-order valence-corrected chi connectivity index (χ0v) is 23.0. The van der Waals surface area contributed by atoms with Gasteiger partial charge in [0.2, 0.25) is 5.88 Å². The van der Waals surface area contributed by atoms with Crippen LogP contribution in [0.15, 0.2) is 83.8 Å². The van der Waals surface area contributed by atoms with Crippen molar-refractivity contribution in [2.45, 2.75) is 18.4 Å². The Kier molecular flexibility index (Phi) is 7.14. The van der Waals surface area contributed by atoms with E-state index < -0.39 is 10.0 Å². The molecule has 0 radical (unpaired) electrons. The molecule has 204 valence electrons. The van der Waals surface area contributed by atoms with E-state index in [1.54, 1.807) is 55.5 Å². The van der Waals surface area contributed by atoms with Gasteiger partial charge in [0.05, 0.1) is 29.9 Å². The largest absolute Gasteiger partial charge is 0.508 e. The standard InChI is InChI=1S/C29H24ClN3O6S/c1-17-27(28(36)18-7-9-20(34)10-8-18)22-12-14-26(39-2)31-29(22)33(17)16-19-5-3-4-6-24(19)32-40(37,38)25-13-11-21(35)15-23(25)30/h3-15,32,34-35H,16H2,1-2H3. The summed E-state index contributed by atoms with van der Waals surface area (Å²) in [5, 5.41) is 19.8. The van der Waals surface area contributed by atoms with Crippen molar-refractivity contribution in [2.75, 3.05) is 11.8 Å². The molecule has 2 heterocycles. The van der Waals surface area contributed by atoms with Gasteiger partial charge in [0.1, 0.15) is 22.0 Å². The van der Waals surface area contributed by atoms with Gasteiger partial charge in [0.15, 0.2) is 5.78 Å². The first kappa shape index (κ1) is 27.0. The summed E-state index contributed by atoms with van der Waals surface area (Å²) in [5.74, 6) is 0.00432. The first-order chi connectivity index (χ1) is 19.1. The van der Waals surface area contributed by atoms with Gasteiger partial charge < -0.3 is 19.5 Å². The molecule has 0 amide bonds. The summed E-state index contributed by atoms with van der Waals surface area (Å²) in [6, 6.07) is 19.9. The van der Waals surface area contributed by atoms with E-state index in [0.717, 1.165) is 6.07 Å². The lowest BCUT2D eigenvalue weighted by atomic mass is 10.0. The average molecular weight is 578 g/mol. The molecule has 0 spiro atoms. The van der Waals surface area contributed by atoms with Crippen LogP contribution in [0.4, 0.5) is 5.69 Å². The van der Waals surface area contributed by atoms with Gasteiger partial charge in [-0.25, -0.2) is 8.42 Å². The summed E-state index contributed by atoms with van der Waals surface area (Å²) in [5.41, 5.74) is 2.85. The van der Waals surface area contributed by atoms with Gasteiger partial charge in [-0.2, -0.15) is 4.98 Å². The number of carbonyl (C=O) groups is 1. The van der Waals surface area contributed by atoms with Crippen LogP contribution in [-0.2, 0) is 16.6 Å². The van der Waals surface area contributed by atoms with E-state index in [-0.39, 0.29) is 33.7 Å². The van der Waals surface area contributed by atoms with Crippen molar-refractivity contribution in [1.82, 2.24) is 9.55 Å². The molecule has 40 heavy (non-hydrogen) atoms. The first-order valence-corrected chi connectivity index (χ1v) is 13.9. The Hall–Kier alpha value is -4.54. The highest BCUT2D eigenvalue weighted by atomic mass is 35.5. The first-order valence-electron chi connectivity index (χ1n) is 12.1. The molecule has 2 aromatic heterocycles. The van der Waals surface area contributed by atoms with Crippen molar-refractivity contribution in [1.29, 1.82) is 0 Å². The Labute approximate surface area is 235 Å². The molecule has 0 bridgehead atoms. The number of halogens is 1. The molecule has 0 unspecified atom stereocenters. The molecular formula is C29H24ClN3O6S. The third kappa shape index (κ3) is 5.06. The number of sulfonamides is 1. The number of aromatic nitrogens is 2. The number of anilines is 1. The van der Waals surface area contributed by atoms with Crippen molar-refractivity contribution in [3.63, 3.8) is 0 Å². The van der Waals surface area contributed by atoms with Gasteiger partial charge in [-0.1, -0.05) is 29.8 Å². The lowest BCUT2D eigenvalue weighted by molar-refractivity contribution is 0.103. The molecule has 0 saturated carbocycles. The highest BCUT2D eigenvalue weighted by molar-refractivity contribution is 7.92. The molecule has 0 aliphatic heterocycles. The second-order valence-electron chi connectivity index (χ2n) is 9.02. The maximum atomic E-state index is 13.6. The molecule has 0 aliphatic carbocycles. The lowest BCUT2D eigenvalue weighted by Crippen LogP contribution is -2.16. The number of benzene rings is 3. The summed E-state index contributed by atoms with van der Waals surface area (Å²) in [4.78, 5) is 18.0. The summed E-state index contributed by atoms with van der Waals surface area (Å²) < 4.78 is 36.2. The molecule has 11 heteroatoms. The Bertz CT molecular complexity index is 1870. The van der Waals surface area contributed by atoms with Crippen LogP contribution in [0, 0.1) is 6.92 Å². The highest BCUT2D eigenvalue weighted by Gasteiger charge is 2.24. The number of carbonyl (C=O) groups excluding carboxylic acids is 1. The van der Waals surface area contributed by atoms with Gasteiger partial charge in [-0.05, 0) is 67.1 Å². The van der Waals surface area contributed by atoms with Crippen LogP contribution in [0.5, 0.6) is 17.4 Å². The number of para-hydroxylation sites is 1. The molecule has 0 aliphatic rings. The third-order valence-electron chi connectivity index (χ3n) is 6.50. The molecule has 9 nitrogen and oxygen atoms in total. The second kappa shape index (κ2) is 10.6. The number of hydrogen-bond donors (Lipinski definition) is 3. The Morgan fingerprint density at radius 2 is 1.70 bits per heavy atom. The minimum atomic E-state index is -4.10. The number of aromatic hydroxyl groups is 2. The Balaban J connectivity index is 1.59. The number of methoxy groups -OCH3 is 1. The number of nitrogens with one attached hydrogen (secondary N) is 1. The minimum Gasteiger partial charge on any atom is -0.508 e. The number of phenols is 2. The number of hydrogen-bond acceptors (Lipinski definition) is 7. The molecule has 3 N–H and O–H groups in total. The fourth-order valence-corrected chi connectivity index (χ4v) is 6.15. The molecule has 5 aromatic rings. The van der Waals surface area contributed by atoms with Crippen molar-refractivity contribution >= 4 is 44.1 Å². The van der Waals surface area contributed by atoms with Gasteiger partial charge >= 0.3 is 0 Å². The van der Waals surface area contributed by atoms with Gasteiger partial charge in [-0.3, -0.25) is 9.52 Å². The van der Waals surface area contributed by atoms with Crippen LogP contribution in [0.25, 0.3) is 11.0 Å². The van der Waals surface area contributed by atoms with E-state index in [1.807, 2.05) is 4.57 Å². The second-order valence-corrected chi connectivity index (χ2v) is 11.1. The SMILES string of the molecule is COc1ccc2c(C(=O)c3ccc(O)cc3)c(C)n(Cc3ccccc3NS(=O)(=O)c3ccc(O)cc3Cl)c2n1. The zero-order chi connectivity index (χ0) is 28.6. The number of ether oxygens (including phenoxy) is 1. The van der Waals surface area contributed by atoms with Gasteiger partial charge in [0, 0.05) is 22.7 Å². The number of nitrogens with zero attached hydrogens (tertiary/aromatic N) is 2. The van der Waals surface area contributed by atoms with E-state index in [4.69, 9.17) is 16.3 Å². The predicted molar refractivity (Wildman–Crippen MR) is 152 cm³/mol. The topological polar surface area (TPSA) is 131 Å². The summed E-state index contributed by atoms with van der Waals surface area (Å²) >= 11 is 6.11. The van der Waals surface area contributed by atoms with E-state index in [1.165, 1.54) is 31.4 Å². The lowest BCUT2D eigenvalue weighted by Gasteiger charge is -2.15. The molecule has 0 atom stereocenters. The van der Waals surface area contributed by atoms with Gasteiger partial charge in [0.25, 0.3) is 10.0 Å². The Morgan fingerprint density at radius 3 is 2.40 bits per heavy atom. The fraction of sp³-hybridized carbons (Fsp3) is 0.103. The smallest absolute Gasteiger partial charge is 0.263 e. The van der Waals surface area contributed by atoms with Crippen LogP contribution in [0.1, 0.15) is 27.2 Å². The van der Waals surface area contributed by atoms with Crippen molar-refractivity contribution in [2.24, 2.45) is 0 Å². The fourth-order valence-electron chi connectivity index (χ4n) is 4.51. The molecular weight excluding hydrogens is 554 g/mol. The third-order valence-corrected chi connectivity index (χ3v) is 8.35. The van der Waals surface area contributed by atoms with Crippen LogP contribution in [0.2, 0.25) is 5.02 Å². The van der Waals surface area contributed by atoms with E-state index in [2.05, 4.69) is 9.71 Å². The minimum absolute atomic E-state index is 0.0507. The van der Waals surface area contributed by atoms with E-state index >= 15 is 0 Å². The summed E-state index contributed by atoms with van der Waals surface area (Å²) in [6.45, 7) is 1.97. The summed E-state index contributed by atoms with van der Waals surface area (Å²) in [6.07, 6.45) is 0. The maximum absolute atomic E-state index is 13.6. The average Bonchev–Trinajstić information content (AvgIpc) is 3.19. The number of phenolic OH excluding ortho intramolecular Hbond substituents is 2. The molecule has 3 aromatic carbocycles. The number of rotatable bonds is 8. The maximum Gasteiger partial charge on any atom is 0.263 e. The van der Waals surface area contributed by atoms with Crippen molar-refractivity contribution < 1.29 is 28.2 Å². The van der Waals surface area contributed by atoms with Crippen molar-refractivity contribution in [3.05, 3.63) is 106 Å². The Morgan fingerprint density at radius 1 is 1.00 bits per heavy atom. The van der Waals surface area contributed by atoms with E-state index in [0.29, 0.717) is 45.0 Å². The molecule has 0 saturated heterocycles. The quantitative estimate of drug-likeness (QED) is 0.208. The number of pyridine rings is 1. The van der Waals surface area contributed by atoms with Gasteiger partial charge in [-0.15, -0.1) is 0 Å². The summed E-state index contributed by atoms with van der Waals surface area (Å²) in [7, 11) is -2.60. The van der Waals surface area contributed by atoms with Crippen LogP contribution < -0.4 is 9.46 Å². The predicted octanol–water partition coefficient (Wildman–Crippen LogP) is 5.50. The normalized spacial score (nSPS) is 11.5. The van der Waals surface area contributed by atoms with E-state index in [9.17, 15) is 23.4 Å². The van der Waals surface area contributed by atoms with Crippen molar-refractivity contribution in [3.8, 4) is 17.4 Å². The monoisotopic (exact) mass is 577 g/mol. The van der Waals surface area contributed by atoms with Crippen LogP contribution in [-0.4, -0.2) is 41.1 Å². The molecule has 5 rings (SSSR count). The number of fused-ring (bicyclic) bond motifs is 1. The van der Waals surface area contributed by atoms with Crippen LogP contribution in [0.3, 0.4) is 0 Å². The highest BCUT2D eigenvalue weighted by Crippen LogP contribution is 2.32. The molecule has 0 fully saturated rings. The zero-order valence-electron chi connectivity index (χ0n) is 21.4. The van der Waals surface area contributed by atoms with Crippen LogP contribution >= 0.6 is 11.6 Å². The number of ketones is 1.